The number of pyridine rings is 1. The average molecular weight is 279 g/mol. The first kappa shape index (κ1) is 11.9. The molecule has 104 valence electrons. The zero-order valence-corrected chi connectivity index (χ0v) is 11.2. The number of fused-ring (bicyclic) bond motifs is 5. The van der Waals surface area contributed by atoms with Crippen molar-refractivity contribution in [1.29, 1.82) is 0 Å². The first-order valence-corrected chi connectivity index (χ1v) is 6.70. The maximum Gasteiger partial charge on any atom is 0.319 e. The third kappa shape index (κ3) is 1.76. The molecule has 4 heterocycles. The summed E-state index contributed by atoms with van der Waals surface area (Å²) in [4.78, 5) is 17.4. The minimum absolute atomic E-state index is 0.423. The number of aromatic nitrogens is 3. The summed E-state index contributed by atoms with van der Waals surface area (Å²) in [6, 6.07) is 3.47. The van der Waals surface area contributed by atoms with Crippen molar-refractivity contribution in [3.63, 3.8) is 0 Å². The molecule has 21 heavy (non-hydrogen) atoms. The molecule has 0 saturated carbocycles. The van der Waals surface area contributed by atoms with Crippen LogP contribution in [0.15, 0.2) is 30.6 Å². The summed E-state index contributed by atoms with van der Waals surface area (Å²) in [5.74, 6) is 0. The summed E-state index contributed by atoms with van der Waals surface area (Å²) >= 11 is 0. The van der Waals surface area contributed by atoms with E-state index in [1.165, 1.54) is 4.90 Å². The summed E-state index contributed by atoms with van der Waals surface area (Å²) in [5.41, 5.74) is 10.1. The van der Waals surface area contributed by atoms with Crippen LogP contribution in [0.2, 0.25) is 0 Å². The predicted octanol–water partition coefficient (Wildman–Crippen LogP) is 1.84. The number of allylic oxidation sites excluding steroid dienone is 1. The Morgan fingerprint density at radius 2 is 2.24 bits per heavy atom. The van der Waals surface area contributed by atoms with Gasteiger partial charge in [0, 0.05) is 23.5 Å². The van der Waals surface area contributed by atoms with Crippen LogP contribution in [0.5, 0.6) is 0 Å². The number of nitrogens with zero attached hydrogens (tertiary/aromatic N) is 4. The molecule has 2 aliphatic rings. The van der Waals surface area contributed by atoms with E-state index in [0.717, 1.165) is 28.2 Å². The van der Waals surface area contributed by atoms with Gasteiger partial charge in [0.1, 0.15) is 0 Å². The van der Waals surface area contributed by atoms with Crippen molar-refractivity contribution in [2.24, 2.45) is 5.73 Å². The molecule has 2 aliphatic heterocycles. The molecule has 0 bridgehead atoms. The lowest BCUT2D eigenvalue weighted by molar-refractivity contribution is 0.223. The Labute approximate surface area is 121 Å². The van der Waals surface area contributed by atoms with Crippen LogP contribution in [0.4, 0.5) is 4.79 Å². The molecule has 0 saturated heterocycles. The molecular formula is C15H13N5O. The highest BCUT2D eigenvalue weighted by molar-refractivity contribution is 5.79. The van der Waals surface area contributed by atoms with Crippen LogP contribution in [-0.4, -0.2) is 25.7 Å². The van der Waals surface area contributed by atoms with Crippen molar-refractivity contribution in [1.82, 2.24) is 19.7 Å². The van der Waals surface area contributed by atoms with E-state index in [-0.39, 0.29) is 0 Å². The number of urea groups is 1. The molecule has 0 unspecified atom stereocenters. The number of nitrogens with two attached hydrogens (primary N) is 1. The maximum atomic E-state index is 11.4. The van der Waals surface area contributed by atoms with Gasteiger partial charge in [-0.25, -0.2) is 4.79 Å². The van der Waals surface area contributed by atoms with Crippen LogP contribution in [-0.2, 0) is 13.1 Å². The lowest BCUT2D eigenvalue weighted by Crippen LogP contribution is -2.32. The van der Waals surface area contributed by atoms with Crippen LogP contribution < -0.4 is 5.73 Å². The molecule has 0 fully saturated rings. The molecule has 4 rings (SSSR count). The fourth-order valence-electron chi connectivity index (χ4n) is 2.77. The Hall–Kier alpha value is -2.89. The van der Waals surface area contributed by atoms with Crippen molar-refractivity contribution < 1.29 is 4.79 Å². The minimum atomic E-state index is -0.468. The van der Waals surface area contributed by atoms with E-state index in [9.17, 15) is 4.79 Å². The van der Waals surface area contributed by atoms with Crippen molar-refractivity contribution in [3.8, 4) is 11.4 Å². The number of primary amides is 1. The lowest BCUT2D eigenvalue weighted by Gasteiger charge is -2.19. The second-order valence-corrected chi connectivity index (χ2v) is 5.02. The third-order valence-electron chi connectivity index (χ3n) is 3.74. The second kappa shape index (κ2) is 4.31. The van der Waals surface area contributed by atoms with Gasteiger partial charge in [-0.05, 0) is 12.1 Å². The zero-order valence-electron chi connectivity index (χ0n) is 11.2. The number of hydrogen-bond acceptors (Lipinski definition) is 3. The maximum absolute atomic E-state index is 11.4. The summed E-state index contributed by atoms with van der Waals surface area (Å²) in [6.45, 7) is 1.11. The van der Waals surface area contributed by atoms with E-state index in [2.05, 4.69) is 16.2 Å². The van der Waals surface area contributed by atoms with Crippen molar-refractivity contribution in [3.05, 3.63) is 47.4 Å². The van der Waals surface area contributed by atoms with Crippen molar-refractivity contribution in [2.75, 3.05) is 0 Å². The molecule has 0 aliphatic carbocycles. The fourth-order valence-corrected chi connectivity index (χ4v) is 2.77. The van der Waals surface area contributed by atoms with Gasteiger partial charge in [0.15, 0.2) is 0 Å². The van der Waals surface area contributed by atoms with Gasteiger partial charge in [-0.3, -0.25) is 14.6 Å². The molecular weight excluding hydrogens is 266 g/mol. The Balaban J connectivity index is 1.93. The van der Waals surface area contributed by atoms with E-state index in [4.69, 9.17) is 5.73 Å². The topological polar surface area (TPSA) is 77.0 Å². The Morgan fingerprint density at radius 3 is 3.10 bits per heavy atom. The smallest absolute Gasteiger partial charge is 0.319 e. The molecule has 0 atom stereocenters. The second-order valence-electron chi connectivity index (χ2n) is 5.02. The summed E-state index contributed by atoms with van der Waals surface area (Å²) in [5, 5.41) is 4.60. The average Bonchev–Trinajstić information content (AvgIpc) is 2.74. The van der Waals surface area contributed by atoms with Crippen LogP contribution in [0.25, 0.3) is 23.5 Å². The quantitative estimate of drug-likeness (QED) is 0.799. The van der Waals surface area contributed by atoms with E-state index >= 15 is 0 Å². The normalized spacial score (nSPS) is 15.1. The monoisotopic (exact) mass is 279 g/mol. The number of carbonyl (C=O) groups is 1. The first-order chi connectivity index (χ1) is 10.2. The SMILES string of the molecule is NC(=O)N1C=Cc2nn3c(c2C1)-c1ncccc1C=CC3. The molecule has 6 nitrogen and oxygen atoms in total. The molecule has 2 amide bonds. The van der Waals surface area contributed by atoms with Crippen LogP contribution in [0.3, 0.4) is 0 Å². The highest BCUT2D eigenvalue weighted by atomic mass is 16.2. The standard InChI is InChI=1S/C15H13N5O/c16-15(21)19-8-5-12-11(9-19)14-13-10(3-1-6-17-13)4-2-7-20(14)18-12/h1-6,8H,7,9H2,(H2,16,21). The highest BCUT2D eigenvalue weighted by Crippen LogP contribution is 2.33. The zero-order chi connectivity index (χ0) is 14.4. The summed E-state index contributed by atoms with van der Waals surface area (Å²) in [7, 11) is 0. The predicted molar refractivity (Wildman–Crippen MR) is 78.7 cm³/mol. The fraction of sp³-hybridized carbons (Fsp3) is 0.133. The van der Waals surface area contributed by atoms with Gasteiger partial charge in [0.25, 0.3) is 0 Å². The Morgan fingerprint density at radius 1 is 1.33 bits per heavy atom. The molecule has 6 heteroatoms. The Bertz CT molecular complexity index is 802. The first-order valence-electron chi connectivity index (χ1n) is 6.70. The van der Waals surface area contributed by atoms with Crippen LogP contribution in [0.1, 0.15) is 16.8 Å². The molecule has 2 N–H and O–H groups in total. The van der Waals surface area contributed by atoms with Gasteiger partial charge in [-0.2, -0.15) is 5.10 Å². The van der Waals surface area contributed by atoms with E-state index in [0.29, 0.717) is 13.1 Å². The third-order valence-corrected chi connectivity index (χ3v) is 3.74. The van der Waals surface area contributed by atoms with Gasteiger partial charge in [0.2, 0.25) is 0 Å². The van der Waals surface area contributed by atoms with Gasteiger partial charge >= 0.3 is 6.03 Å². The van der Waals surface area contributed by atoms with Crippen molar-refractivity contribution in [2.45, 2.75) is 13.1 Å². The number of amides is 2. The summed E-state index contributed by atoms with van der Waals surface area (Å²) in [6.07, 6.45) is 9.37. The van der Waals surface area contributed by atoms with Gasteiger partial charge < -0.3 is 5.73 Å². The van der Waals surface area contributed by atoms with E-state index in [1.807, 2.05) is 29.0 Å². The molecule has 0 spiro atoms. The van der Waals surface area contributed by atoms with E-state index in [1.54, 1.807) is 12.4 Å². The van der Waals surface area contributed by atoms with Crippen LogP contribution in [0, 0.1) is 0 Å². The summed E-state index contributed by atoms with van der Waals surface area (Å²) < 4.78 is 1.93. The van der Waals surface area contributed by atoms with Crippen LogP contribution >= 0.6 is 0 Å². The number of rotatable bonds is 0. The van der Waals surface area contributed by atoms with E-state index < -0.39 is 6.03 Å². The largest absolute Gasteiger partial charge is 0.351 e. The van der Waals surface area contributed by atoms with Crippen molar-refractivity contribution >= 4 is 18.2 Å². The molecule has 2 aromatic heterocycles. The minimum Gasteiger partial charge on any atom is -0.351 e. The highest BCUT2D eigenvalue weighted by Gasteiger charge is 2.26. The molecule has 0 aromatic carbocycles. The Kier molecular flexibility index (Phi) is 2.44. The molecule has 0 radical (unpaired) electrons. The van der Waals surface area contributed by atoms with Gasteiger partial charge in [0.05, 0.1) is 30.2 Å². The number of carbonyl (C=O) groups excluding carboxylic acids is 1. The lowest BCUT2D eigenvalue weighted by atomic mass is 10.0. The van der Waals surface area contributed by atoms with Gasteiger partial charge in [-0.15, -0.1) is 0 Å². The van der Waals surface area contributed by atoms with Gasteiger partial charge in [-0.1, -0.05) is 18.2 Å². The number of hydrogen-bond donors (Lipinski definition) is 1. The molecule has 2 aromatic rings.